The molecule has 0 radical (unpaired) electrons. The molecule has 7 nitrogen and oxygen atoms in total. The van der Waals surface area contributed by atoms with E-state index in [1.165, 1.54) is 6.92 Å². The normalized spacial score (nSPS) is 11.8. The average Bonchev–Trinajstić information content (AvgIpc) is 3.05. The lowest BCUT2D eigenvalue weighted by atomic mass is 10.2. The quantitative estimate of drug-likeness (QED) is 0.685. The first kappa shape index (κ1) is 17.5. The minimum absolute atomic E-state index is 0.0723. The van der Waals surface area contributed by atoms with Crippen molar-refractivity contribution in [2.24, 2.45) is 0 Å². The number of ether oxygens (including phenoxy) is 2. The number of methoxy groups -OCH3 is 1. The number of esters is 1. The molecule has 3 aromatic rings. The van der Waals surface area contributed by atoms with Crippen molar-refractivity contribution >= 4 is 28.5 Å². The average molecular weight is 354 g/mol. The fraction of sp³-hybridized carbons (Fsp3) is 0.211. The molecule has 0 saturated carbocycles. The van der Waals surface area contributed by atoms with Crippen LogP contribution in [0, 0.1) is 0 Å². The standard InChI is InChI=1S/C19H18N2O5/c1-12(19(23)20-13-7-9-14(24-2)10-8-13)25-18(22)11-16-15-5-3-4-6-17(15)26-21-16/h3-10,12H,11H2,1-2H3,(H,20,23)/t12-/m0/s1. The van der Waals surface area contributed by atoms with E-state index < -0.39 is 18.0 Å². The van der Waals surface area contributed by atoms with Gasteiger partial charge in [-0.25, -0.2) is 0 Å². The molecule has 1 amide bonds. The van der Waals surface area contributed by atoms with Gasteiger partial charge in [-0.1, -0.05) is 17.3 Å². The van der Waals surface area contributed by atoms with Gasteiger partial charge in [0.2, 0.25) is 0 Å². The van der Waals surface area contributed by atoms with E-state index in [0.717, 1.165) is 5.39 Å². The van der Waals surface area contributed by atoms with Gasteiger partial charge in [-0.05, 0) is 43.3 Å². The van der Waals surface area contributed by atoms with Crippen LogP contribution in [0.1, 0.15) is 12.6 Å². The second-order valence-corrected chi connectivity index (χ2v) is 5.65. The van der Waals surface area contributed by atoms with Crippen molar-refractivity contribution in [3.8, 4) is 5.75 Å². The molecule has 1 atom stereocenters. The van der Waals surface area contributed by atoms with Gasteiger partial charge in [-0.2, -0.15) is 0 Å². The van der Waals surface area contributed by atoms with Crippen LogP contribution in [0.25, 0.3) is 11.0 Å². The fourth-order valence-electron chi connectivity index (χ4n) is 2.41. The van der Waals surface area contributed by atoms with Crippen molar-refractivity contribution in [2.45, 2.75) is 19.4 Å². The maximum atomic E-state index is 12.2. The van der Waals surface area contributed by atoms with Crippen LogP contribution in [0.3, 0.4) is 0 Å². The summed E-state index contributed by atoms with van der Waals surface area (Å²) in [5.41, 5.74) is 1.66. The summed E-state index contributed by atoms with van der Waals surface area (Å²) in [7, 11) is 1.56. The predicted molar refractivity (Wildman–Crippen MR) is 94.9 cm³/mol. The molecule has 0 spiro atoms. The number of carbonyl (C=O) groups excluding carboxylic acids is 2. The molecular weight excluding hydrogens is 336 g/mol. The lowest BCUT2D eigenvalue weighted by Gasteiger charge is -2.13. The lowest BCUT2D eigenvalue weighted by molar-refractivity contribution is -0.152. The van der Waals surface area contributed by atoms with Crippen LogP contribution in [0.2, 0.25) is 0 Å². The third-order valence-corrected chi connectivity index (χ3v) is 3.80. The Hall–Kier alpha value is -3.35. The Labute approximate surface area is 149 Å². The summed E-state index contributed by atoms with van der Waals surface area (Å²) < 4.78 is 15.4. The first-order valence-electron chi connectivity index (χ1n) is 8.04. The van der Waals surface area contributed by atoms with Crippen molar-refractivity contribution < 1.29 is 23.6 Å². The predicted octanol–water partition coefficient (Wildman–Crippen LogP) is 2.95. The van der Waals surface area contributed by atoms with Gasteiger partial charge in [0.1, 0.15) is 11.4 Å². The van der Waals surface area contributed by atoms with Crippen LogP contribution in [0.5, 0.6) is 5.75 Å². The highest BCUT2D eigenvalue weighted by Crippen LogP contribution is 2.19. The van der Waals surface area contributed by atoms with Crippen LogP contribution in [-0.4, -0.2) is 30.2 Å². The Balaban J connectivity index is 1.56. The Bertz CT molecular complexity index is 917. The number of hydrogen-bond acceptors (Lipinski definition) is 6. The SMILES string of the molecule is COc1ccc(NC(=O)[C@H](C)OC(=O)Cc2noc3ccccc23)cc1. The molecule has 1 N–H and O–H groups in total. The van der Waals surface area contributed by atoms with E-state index in [1.807, 2.05) is 18.2 Å². The van der Waals surface area contributed by atoms with Gasteiger partial charge in [0, 0.05) is 11.1 Å². The number of aromatic nitrogens is 1. The molecule has 0 saturated heterocycles. The number of amides is 1. The zero-order chi connectivity index (χ0) is 18.5. The van der Waals surface area contributed by atoms with Gasteiger partial charge in [-0.3, -0.25) is 9.59 Å². The first-order valence-corrected chi connectivity index (χ1v) is 8.04. The van der Waals surface area contributed by atoms with Gasteiger partial charge >= 0.3 is 5.97 Å². The van der Waals surface area contributed by atoms with Gasteiger partial charge < -0.3 is 19.3 Å². The minimum Gasteiger partial charge on any atom is -0.497 e. The Morgan fingerprint density at radius 3 is 2.62 bits per heavy atom. The number of benzene rings is 2. The van der Waals surface area contributed by atoms with Crippen LogP contribution < -0.4 is 10.1 Å². The zero-order valence-corrected chi connectivity index (χ0v) is 14.4. The summed E-state index contributed by atoms with van der Waals surface area (Å²) in [6.45, 7) is 1.51. The molecule has 1 aromatic heterocycles. The number of rotatable bonds is 6. The van der Waals surface area contributed by atoms with E-state index in [-0.39, 0.29) is 6.42 Å². The molecule has 26 heavy (non-hydrogen) atoms. The summed E-state index contributed by atoms with van der Waals surface area (Å²) in [6.07, 6.45) is -1.01. The van der Waals surface area contributed by atoms with E-state index in [4.69, 9.17) is 14.0 Å². The highest BCUT2D eigenvalue weighted by atomic mass is 16.5. The van der Waals surface area contributed by atoms with Crippen LogP contribution in [-0.2, 0) is 20.7 Å². The molecule has 3 rings (SSSR count). The molecule has 0 unspecified atom stereocenters. The van der Waals surface area contributed by atoms with Crippen LogP contribution in [0.4, 0.5) is 5.69 Å². The molecule has 0 aliphatic rings. The lowest BCUT2D eigenvalue weighted by Crippen LogP contribution is -2.30. The minimum atomic E-state index is -0.942. The Morgan fingerprint density at radius 2 is 1.88 bits per heavy atom. The molecule has 0 fully saturated rings. The smallest absolute Gasteiger partial charge is 0.312 e. The van der Waals surface area contributed by atoms with Crippen molar-refractivity contribution in [1.29, 1.82) is 0 Å². The zero-order valence-electron chi connectivity index (χ0n) is 14.4. The number of nitrogens with zero attached hydrogens (tertiary/aromatic N) is 1. The second-order valence-electron chi connectivity index (χ2n) is 5.65. The molecule has 2 aromatic carbocycles. The van der Waals surface area contributed by atoms with E-state index in [2.05, 4.69) is 10.5 Å². The summed E-state index contributed by atoms with van der Waals surface area (Å²) in [6, 6.07) is 14.1. The van der Waals surface area contributed by atoms with Crippen molar-refractivity contribution in [1.82, 2.24) is 5.16 Å². The van der Waals surface area contributed by atoms with Gasteiger partial charge in [-0.15, -0.1) is 0 Å². The summed E-state index contributed by atoms with van der Waals surface area (Å²) in [4.78, 5) is 24.3. The molecule has 0 aliphatic carbocycles. The monoisotopic (exact) mass is 354 g/mol. The molecule has 7 heteroatoms. The van der Waals surface area contributed by atoms with E-state index in [0.29, 0.717) is 22.7 Å². The highest BCUT2D eigenvalue weighted by Gasteiger charge is 2.20. The number of anilines is 1. The van der Waals surface area contributed by atoms with Gasteiger partial charge in [0.05, 0.1) is 13.5 Å². The fourth-order valence-corrected chi connectivity index (χ4v) is 2.41. The number of para-hydroxylation sites is 1. The topological polar surface area (TPSA) is 90.7 Å². The third kappa shape index (κ3) is 4.00. The van der Waals surface area contributed by atoms with Crippen molar-refractivity contribution in [2.75, 3.05) is 12.4 Å². The summed E-state index contributed by atoms with van der Waals surface area (Å²) in [5.74, 6) is -0.294. The Morgan fingerprint density at radius 1 is 1.15 bits per heavy atom. The van der Waals surface area contributed by atoms with Crippen molar-refractivity contribution in [3.05, 3.63) is 54.2 Å². The van der Waals surface area contributed by atoms with Crippen molar-refractivity contribution in [3.63, 3.8) is 0 Å². The van der Waals surface area contributed by atoms with Gasteiger partial charge in [0.15, 0.2) is 11.7 Å². The van der Waals surface area contributed by atoms with Crippen LogP contribution in [0.15, 0.2) is 53.1 Å². The van der Waals surface area contributed by atoms with E-state index in [9.17, 15) is 9.59 Å². The number of hydrogen-bond donors (Lipinski definition) is 1. The van der Waals surface area contributed by atoms with E-state index >= 15 is 0 Å². The third-order valence-electron chi connectivity index (χ3n) is 3.80. The number of carbonyl (C=O) groups is 2. The van der Waals surface area contributed by atoms with E-state index in [1.54, 1.807) is 37.4 Å². The van der Waals surface area contributed by atoms with Gasteiger partial charge in [0.25, 0.3) is 5.91 Å². The first-order chi connectivity index (χ1) is 12.6. The molecule has 1 heterocycles. The largest absolute Gasteiger partial charge is 0.497 e. The summed E-state index contributed by atoms with van der Waals surface area (Å²) in [5, 5.41) is 7.31. The maximum absolute atomic E-state index is 12.2. The molecular formula is C19H18N2O5. The highest BCUT2D eigenvalue weighted by molar-refractivity contribution is 5.95. The summed E-state index contributed by atoms with van der Waals surface area (Å²) >= 11 is 0. The molecule has 134 valence electrons. The number of nitrogens with one attached hydrogen (secondary N) is 1. The molecule has 0 bridgehead atoms. The second kappa shape index (κ2) is 7.69. The number of fused-ring (bicyclic) bond motifs is 1. The maximum Gasteiger partial charge on any atom is 0.312 e. The Kier molecular flexibility index (Phi) is 5.17. The van der Waals surface area contributed by atoms with Crippen LogP contribution >= 0.6 is 0 Å². The molecule has 0 aliphatic heterocycles.